The van der Waals surface area contributed by atoms with E-state index >= 15 is 0 Å². The Hall–Kier alpha value is -3.28. The Kier molecular flexibility index (Phi) is 5.88. The Morgan fingerprint density at radius 2 is 1.77 bits per heavy atom. The van der Waals surface area contributed by atoms with Crippen LogP contribution in [0.2, 0.25) is 0 Å². The van der Waals surface area contributed by atoms with E-state index in [9.17, 15) is 9.18 Å². The number of amides is 1. The lowest BCUT2D eigenvalue weighted by atomic mass is 10.1. The van der Waals surface area contributed by atoms with E-state index in [0.717, 1.165) is 5.56 Å². The van der Waals surface area contributed by atoms with E-state index in [1.165, 1.54) is 12.4 Å². The molecular formula is C20H19FN4O. The van der Waals surface area contributed by atoms with Crippen molar-refractivity contribution in [2.45, 2.75) is 13.0 Å². The topological polar surface area (TPSA) is 66.9 Å². The lowest BCUT2D eigenvalue weighted by molar-refractivity contribution is 0.0949. The average molecular weight is 350 g/mol. The summed E-state index contributed by atoms with van der Waals surface area (Å²) in [5.74, 6) is -0.00853. The highest BCUT2D eigenvalue weighted by atomic mass is 19.1. The van der Waals surface area contributed by atoms with Crippen molar-refractivity contribution in [2.75, 3.05) is 11.9 Å². The lowest BCUT2D eigenvalue weighted by Crippen LogP contribution is -2.27. The second-order valence-electron chi connectivity index (χ2n) is 5.72. The molecule has 26 heavy (non-hydrogen) atoms. The molecule has 132 valence electrons. The minimum atomic E-state index is -0.313. The smallest absolute Gasteiger partial charge is 0.270 e. The second kappa shape index (κ2) is 8.71. The minimum Gasteiger partial charge on any atom is -0.366 e. The zero-order valence-corrected chi connectivity index (χ0v) is 14.2. The SMILES string of the molecule is O=C(NCCc1ccccc1F)c1cc(NCc2ccccc2)ncn1. The second-order valence-corrected chi connectivity index (χ2v) is 5.72. The summed E-state index contributed by atoms with van der Waals surface area (Å²) in [5.41, 5.74) is 1.95. The number of nitrogens with one attached hydrogen (secondary N) is 2. The average Bonchev–Trinajstić information content (AvgIpc) is 2.69. The molecule has 0 bridgehead atoms. The molecule has 0 saturated heterocycles. The molecule has 1 amide bonds. The highest BCUT2D eigenvalue weighted by molar-refractivity contribution is 5.92. The van der Waals surface area contributed by atoms with E-state index in [4.69, 9.17) is 0 Å². The summed E-state index contributed by atoms with van der Waals surface area (Å²) in [7, 11) is 0. The first-order valence-electron chi connectivity index (χ1n) is 8.34. The number of halogens is 1. The van der Waals surface area contributed by atoms with Crippen molar-refractivity contribution in [3.05, 3.63) is 89.6 Å². The molecule has 5 nitrogen and oxygen atoms in total. The van der Waals surface area contributed by atoms with Gasteiger partial charge in [-0.1, -0.05) is 48.5 Å². The number of aromatic nitrogens is 2. The van der Waals surface area contributed by atoms with Gasteiger partial charge in [-0.25, -0.2) is 14.4 Å². The fraction of sp³-hybridized carbons (Fsp3) is 0.150. The van der Waals surface area contributed by atoms with Crippen LogP contribution in [0, 0.1) is 5.82 Å². The molecule has 3 rings (SSSR count). The van der Waals surface area contributed by atoms with E-state index < -0.39 is 0 Å². The number of hydrogen-bond donors (Lipinski definition) is 2. The molecule has 1 heterocycles. The van der Waals surface area contributed by atoms with Crippen molar-refractivity contribution < 1.29 is 9.18 Å². The van der Waals surface area contributed by atoms with E-state index in [1.54, 1.807) is 24.3 Å². The van der Waals surface area contributed by atoms with Crippen molar-refractivity contribution in [3.8, 4) is 0 Å². The van der Waals surface area contributed by atoms with Gasteiger partial charge in [-0.2, -0.15) is 0 Å². The van der Waals surface area contributed by atoms with Gasteiger partial charge in [-0.3, -0.25) is 4.79 Å². The van der Waals surface area contributed by atoms with Gasteiger partial charge < -0.3 is 10.6 Å². The van der Waals surface area contributed by atoms with Crippen LogP contribution in [-0.4, -0.2) is 22.4 Å². The molecule has 0 unspecified atom stereocenters. The molecule has 0 aliphatic rings. The van der Waals surface area contributed by atoms with Crippen LogP contribution in [0.4, 0.5) is 10.2 Å². The van der Waals surface area contributed by atoms with E-state index in [0.29, 0.717) is 30.9 Å². The number of nitrogens with zero attached hydrogens (tertiary/aromatic N) is 2. The molecule has 0 spiro atoms. The number of rotatable bonds is 7. The molecule has 2 N–H and O–H groups in total. The van der Waals surface area contributed by atoms with Crippen molar-refractivity contribution >= 4 is 11.7 Å². The normalized spacial score (nSPS) is 10.3. The van der Waals surface area contributed by atoms with Crippen LogP contribution in [0.5, 0.6) is 0 Å². The van der Waals surface area contributed by atoms with Crippen LogP contribution in [-0.2, 0) is 13.0 Å². The van der Waals surface area contributed by atoms with Crippen LogP contribution in [0.1, 0.15) is 21.6 Å². The number of hydrogen-bond acceptors (Lipinski definition) is 4. The maximum Gasteiger partial charge on any atom is 0.270 e. The van der Waals surface area contributed by atoms with Gasteiger partial charge in [0.05, 0.1) is 0 Å². The van der Waals surface area contributed by atoms with E-state index in [-0.39, 0.29) is 17.4 Å². The Bertz CT molecular complexity index is 870. The fourth-order valence-electron chi connectivity index (χ4n) is 2.47. The predicted octanol–water partition coefficient (Wildman–Crippen LogP) is 3.20. The first kappa shape index (κ1) is 17.5. The summed E-state index contributed by atoms with van der Waals surface area (Å²) < 4.78 is 13.6. The Morgan fingerprint density at radius 3 is 2.58 bits per heavy atom. The molecule has 0 saturated carbocycles. The van der Waals surface area contributed by atoms with Gasteiger partial charge in [-0.05, 0) is 23.6 Å². The number of carbonyl (C=O) groups is 1. The van der Waals surface area contributed by atoms with Gasteiger partial charge in [0.15, 0.2) is 0 Å². The fourth-order valence-corrected chi connectivity index (χ4v) is 2.47. The third-order valence-electron chi connectivity index (χ3n) is 3.85. The van der Waals surface area contributed by atoms with Crippen molar-refractivity contribution in [2.24, 2.45) is 0 Å². The summed E-state index contributed by atoms with van der Waals surface area (Å²) in [6, 6.07) is 18.0. The van der Waals surface area contributed by atoms with Crippen molar-refractivity contribution in [1.29, 1.82) is 0 Å². The van der Waals surface area contributed by atoms with Crippen molar-refractivity contribution in [1.82, 2.24) is 15.3 Å². The summed E-state index contributed by atoms with van der Waals surface area (Å²) >= 11 is 0. The van der Waals surface area contributed by atoms with Crippen LogP contribution >= 0.6 is 0 Å². The predicted molar refractivity (Wildman–Crippen MR) is 98.2 cm³/mol. The van der Waals surface area contributed by atoms with Crippen LogP contribution in [0.25, 0.3) is 0 Å². The molecule has 6 heteroatoms. The summed E-state index contributed by atoms with van der Waals surface area (Å²) in [5, 5.41) is 5.92. The first-order valence-corrected chi connectivity index (χ1v) is 8.34. The Labute approximate surface area is 151 Å². The van der Waals surface area contributed by atoms with Crippen molar-refractivity contribution in [3.63, 3.8) is 0 Å². The highest BCUT2D eigenvalue weighted by Crippen LogP contribution is 2.08. The van der Waals surface area contributed by atoms with Gasteiger partial charge in [0, 0.05) is 19.2 Å². The molecular weight excluding hydrogens is 331 g/mol. The molecule has 1 aromatic heterocycles. The largest absolute Gasteiger partial charge is 0.366 e. The Balaban J connectivity index is 1.53. The highest BCUT2D eigenvalue weighted by Gasteiger charge is 2.09. The van der Waals surface area contributed by atoms with Crippen LogP contribution in [0.15, 0.2) is 67.0 Å². The van der Waals surface area contributed by atoms with Crippen LogP contribution < -0.4 is 10.6 Å². The summed E-state index contributed by atoms with van der Waals surface area (Å²) in [4.78, 5) is 20.3. The third-order valence-corrected chi connectivity index (χ3v) is 3.85. The quantitative estimate of drug-likeness (QED) is 0.687. The molecule has 3 aromatic rings. The molecule has 0 fully saturated rings. The van der Waals surface area contributed by atoms with Gasteiger partial charge in [0.1, 0.15) is 23.7 Å². The van der Waals surface area contributed by atoms with Crippen LogP contribution in [0.3, 0.4) is 0 Å². The zero-order valence-electron chi connectivity index (χ0n) is 14.2. The lowest BCUT2D eigenvalue weighted by Gasteiger charge is -2.08. The van der Waals surface area contributed by atoms with E-state index in [2.05, 4.69) is 20.6 Å². The van der Waals surface area contributed by atoms with E-state index in [1.807, 2.05) is 30.3 Å². The molecule has 0 atom stereocenters. The molecule has 0 aliphatic heterocycles. The first-order chi connectivity index (χ1) is 12.7. The van der Waals surface area contributed by atoms with Gasteiger partial charge in [-0.15, -0.1) is 0 Å². The minimum absolute atomic E-state index is 0.267. The summed E-state index contributed by atoms with van der Waals surface area (Å²) in [6.45, 7) is 0.933. The molecule has 0 aliphatic carbocycles. The number of benzene rings is 2. The third kappa shape index (κ3) is 4.86. The van der Waals surface area contributed by atoms with Gasteiger partial charge >= 0.3 is 0 Å². The molecule has 0 radical (unpaired) electrons. The monoisotopic (exact) mass is 350 g/mol. The maximum absolute atomic E-state index is 13.6. The van der Waals surface area contributed by atoms with Gasteiger partial charge in [0.2, 0.25) is 0 Å². The van der Waals surface area contributed by atoms with Gasteiger partial charge in [0.25, 0.3) is 5.91 Å². The maximum atomic E-state index is 13.6. The standard InChI is InChI=1S/C20H19FN4O/c21-17-9-5-4-8-16(17)10-11-22-20(26)18-12-19(25-14-24-18)23-13-15-6-2-1-3-7-15/h1-9,12,14H,10-11,13H2,(H,22,26)(H,23,24,25). The number of anilines is 1. The zero-order chi connectivity index (χ0) is 18.2. The summed E-state index contributed by atoms with van der Waals surface area (Å²) in [6.07, 6.45) is 1.77. The molecule has 2 aromatic carbocycles. The number of carbonyl (C=O) groups excluding carboxylic acids is 1. The Morgan fingerprint density at radius 1 is 1.00 bits per heavy atom.